The van der Waals surface area contributed by atoms with E-state index in [0.29, 0.717) is 30.1 Å². The number of hydrogen-bond donors (Lipinski definition) is 1. The summed E-state index contributed by atoms with van der Waals surface area (Å²) in [4.78, 5) is 15.1. The topological polar surface area (TPSA) is 75.6 Å². The van der Waals surface area contributed by atoms with Gasteiger partial charge in [0.15, 0.2) is 11.5 Å². The van der Waals surface area contributed by atoms with Gasteiger partial charge in [0.25, 0.3) is 0 Å². The number of anilines is 1. The smallest absolute Gasteiger partial charge is 0.337 e. The minimum atomic E-state index is -0.239. The Bertz CT molecular complexity index is 1080. The highest BCUT2D eigenvalue weighted by molar-refractivity contribution is 6.14. The summed E-state index contributed by atoms with van der Waals surface area (Å²) in [5, 5.41) is 9.08. The molecule has 5 rings (SSSR count). The molecule has 3 heterocycles. The minimum Gasteiger partial charge on any atom is -0.493 e. The van der Waals surface area contributed by atoms with E-state index in [0.717, 1.165) is 42.0 Å². The van der Waals surface area contributed by atoms with Gasteiger partial charge in [-0.2, -0.15) is 5.10 Å². The van der Waals surface area contributed by atoms with Gasteiger partial charge in [-0.1, -0.05) is 12.1 Å². The molecule has 0 saturated carbocycles. The van der Waals surface area contributed by atoms with Crippen molar-refractivity contribution in [3.05, 3.63) is 53.1 Å². The molecule has 0 spiro atoms. The van der Waals surface area contributed by atoms with Gasteiger partial charge in [-0.3, -0.25) is 0 Å². The van der Waals surface area contributed by atoms with Crippen LogP contribution in [0.3, 0.4) is 0 Å². The number of hydrogen-bond acceptors (Lipinski definition) is 6. The fourth-order valence-corrected chi connectivity index (χ4v) is 5.08. The van der Waals surface area contributed by atoms with E-state index in [1.54, 1.807) is 21.3 Å². The van der Waals surface area contributed by atoms with Gasteiger partial charge in [-0.25, -0.2) is 9.80 Å². The predicted octanol–water partition coefficient (Wildman–Crippen LogP) is 3.02. The molecule has 0 unspecified atom stereocenters. The number of ether oxygens (including phenoxy) is 3. The molecular weight excluding hydrogens is 420 g/mol. The Hall–Kier alpha value is -3.26. The first-order chi connectivity index (χ1) is 16.0. The average molecular weight is 451 g/mol. The summed E-state index contributed by atoms with van der Waals surface area (Å²) >= 11 is 0. The van der Waals surface area contributed by atoms with Gasteiger partial charge < -0.3 is 24.4 Å². The second kappa shape index (κ2) is 8.59. The normalized spacial score (nSPS) is 23.6. The van der Waals surface area contributed by atoms with E-state index in [2.05, 4.69) is 34.5 Å². The van der Waals surface area contributed by atoms with E-state index >= 15 is 0 Å². The molecule has 2 aromatic rings. The summed E-state index contributed by atoms with van der Waals surface area (Å²) in [5.41, 5.74) is 4.86. The molecule has 8 heteroatoms. The van der Waals surface area contributed by atoms with E-state index in [1.165, 1.54) is 10.7 Å². The van der Waals surface area contributed by atoms with Crippen molar-refractivity contribution in [1.29, 1.82) is 0 Å². The van der Waals surface area contributed by atoms with Gasteiger partial charge in [0.2, 0.25) is 0 Å². The number of methoxy groups -OCH3 is 2. The molecule has 174 valence electrons. The zero-order chi connectivity index (χ0) is 23.1. The molecule has 2 saturated heterocycles. The first kappa shape index (κ1) is 21.6. The molecule has 2 amide bonds. The first-order valence-electron chi connectivity index (χ1n) is 11.4. The summed E-state index contributed by atoms with van der Waals surface area (Å²) in [6, 6.07) is 12.5. The average Bonchev–Trinajstić information content (AvgIpc) is 3.45. The number of amides is 2. The predicted molar refractivity (Wildman–Crippen MR) is 127 cm³/mol. The van der Waals surface area contributed by atoms with Crippen molar-refractivity contribution in [1.82, 2.24) is 10.3 Å². The van der Waals surface area contributed by atoms with Gasteiger partial charge in [0.05, 0.1) is 44.7 Å². The van der Waals surface area contributed by atoms with Crippen LogP contribution < -0.4 is 19.7 Å². The van der Waals surface area contributed by atoms with Crippen LogP contribution in [0.15, 0.2) is 41.5 Å². The lowest BCUT2D eigenvalue weighted by Gasteiger charge is -2.29. The molecule has 2 fully saturated rings. The van der Waals surface area contributed by atoms with Gasteiger partial charge in [0.1, 0.15) is 0 Å². The Morgan fingerprint density at radius 2 is 1.88 bits per heavy atom. The highest BCUT2D eigenvalue weighted by Gasteiger charge is 2.39. The van der Waals surface area contributed by atoms with Crippen LogP contribution in [0, 0.1) is 0 Å². The number of hydrazone groups is 1. The van der Waals surface area contributed by atoms with Crippen LogP contribution >= 0.6 is 0 Å². The van der Waals surface area contributed by atoms with Gasteiger partial charge >= 0.3 is 6.03 Å². The van der Waals surface area contributed by atoms with Crippen LogP contribution in [0.4, 0.5) is 10.5 Å². The largest absolute Gasteiger partial charge is 0.493 e. The fourth-order valence-electron chi connectivity index (χ4n) is 5.08. The molecule has 2 aromatic carbocycles. The molecule has 3 aliphatic heterocycles. The van der Waals surface area contributed by atoms with Crippen LogP contribution in [0.1, 0.15) is 30.0 Å². The van der Waals surface area contributed by atoms with E-state index in [-0.39, 0.29) is 12.1 Å². The zero-order valence-electron chi connectivity index (χ0n) is 19.5. The third-order valence-corrected chi connectivity index (χ3v) is 6.80. The molecular formula is C25H30N4O4. The second-order valence-corrected chi connectivity index (χ2v) is 8.81. The van der Waals surface area contributed by atoms with Crippen molar-refractivity contribution in [2.24, 2.45) is 5.10 Å². The number of rotatable bonds is 4. The number of urea groups is 1. The lowest BCUT2D eigenvalue weighted by Crippen LogP contribution is -2.41. The molecule has 1 N–H and O–H groups in total. The van der Waals surface area contributed by atoms with E-state index in [4.69, 9.17) is 19.3 Å². The third kappa shape index (κ3) is 3.78. The van der Waals surface area contributed by atoms with Gasteiger partial charge in [0, 0.05) is 30.4 Å². The van der Waals surface area contributed by atoms with Crippen molar-refractivity contribution < 1.29 is 19.0 Å². The number of carbonyl (C=O) groups excluding carboxylic acids is 1. The van der Waals surface area contributed by atoms with Crippen molar-refractivity contribution in [3.8, 4) is 11.5 Å². The number of fused-ring (bicyclic) bond motifs is 3. The number of benzene rings is 2. The number of nitrogens with zero attached hydrogens (tertiary/aromatic N) is 3. The molecule has 8 nitrogen and oxygen atoms in total. The van der Waals surface area contributed by atoms with Crippen LogP contribution in [-0.2, 0) is 11.2 Å². The van der Waals surface area contributed by atoms with Crippen LogP contribution in [-0.4, -0.2) is 69.4 Å². The maximum atomic E-state index is 12.6. The number of nitrogens with one attached hydrogen (secondary N) is 1. The summed E-state index contributed by atoms with van der Waals surface area (Å²) in [7, 11) is 4.88. The molecule has 3 aliphatic rings. The highest BCUT2D eigenvalue weighted by Crippen LogP contribution is 2.36. The molecule has 3 atom stereocenters. The number of carbonyl (C=O) groups is 1. The SMILES string of the molecule is CNC(=O)N1N=C(c2ccc(N3C[C@@H]4C[C@H]3CO4)cc2)c2cc(OC)c(OC)cc2C[C@@H]1C. The summed E-state index contributed by atoms with van der Waals surface area (Å²) in [6.07, 6.45) is 2.09. The Morgan fingerprint density at radius 3 is 2.48 bits per heavy atom. The quantitative estimate of drug-likeness (QED) is 0.775. The zero-order valence-corrected chi connectivity index (χ0v) is 19.5. The van der Waals surface area contributed by atoms with E-state index in [9.17, 15) is 4.79 Å². The lowest BCUT2D eigenvalue weighted by molar-refractivity contribution is 0.0991. The van der Waals surface area contributed by atoms with Gasteiger partial charge in [-0.05, 0) is 49.6 Å². The van der Waals surface area contributed by atoms with Crippen molar-refractivity contribution >= 4 is 17.4 Å². The fraction of sp³-hybridized carbons (Fsp3) is 0.440. The number of morpholine rings is 1. The maximum Gasteiger partial charge on any atom is 0.337 e. The maximum absolute atomic E-state index is 12.6. The Morgan fingerprint density at radius 1 is 1.15 bits per heavy atom. The summed E-state index contributed by atoms with van der Waals surface area (Å²) < 4.78 is 16.9. The Balaban J connectivity index is 1.58. The monoisotopic (exact) mass is 450 g/mol. The Labute approximate surface area is 194 Å². The standard InChI is InChI=1S/C25H30N4O4/c1-15-9-17-10-22(31-3)23(32-4)12-21(17)24(27-29(15)25(30)26-2)16-5-7-18(8-6-16)28-13-20-11-19(28)14-33-20/h5-8,10,12,15,19-20H,9,11,13-14H2,1-4H3,(H,26,30)/t15-,19-,20-/m0/s1. The minimum absolute atomic E-state index is 0.126. The Kier molecular flexibility index (Phi) is 5.62. The van der Waals surface area contributed by atoms with Crippen molar-refractivity contribution in [3.63, 3.8) is 0 Å². The summed E-state index contributed by atoms with van der Waals surface area (Å²) in [6.45, 7) is 3.73. The second-order valence-electron chi connectivity index (χ2n) is 8.81. The lowest BCUT2D eigenvalue weighted by atomic mass is 9.94. The molecule has 0 aromatic heterocycles. The van der Waals surface area contributed by atoms with E-state index in [1.807, 2.05) is 19.1 Å². The molecule has 2 bridgehead atoms. The van der Waals surface area contributed by atoms with Crippen molar-refractivity contribution in [2.45, 2.75) is 38.0 Å². The third-order valence-electron chi connectivity index (χ3n) is 6.80. The first-order valence-corrected chi connectivity index (χ1v) is 11.4. The highest BCUT2D eigenvalue weighted by atomic mass is 16.5. The van der Waals surface area contributed by atoms with Crippen LogP contribution in [0.5, 0.6) is 11.5 Å². The van der Waals surface area contributed by atoms with E-state index < -0.39 is 0 Å². The van der Waals surface area contributed by atoms with Crippen LogP contribution in [0.25, 0.3) is 0 Å². The molecule has 0 aliphatic carbocycles. The molecule has 33 heavy (non-hydrogen) atoms. The van der Waals surface area contributed by atoms with Crippen molar-refractivity contribution in [2.75, 3.05) is 39.3 Å². The molecule has 0 radical (unpaired) electrons. The van der Waals surface area contributed by atoms with Crippen LogP contribution in [0.2, 0.25) is 0 Å². The summed E-state index contributed by atoms with van der Waals surface area (Å²) in [5.74, 6) is 1.30. The van der Waals surface area contributed by atoms with Gasteiger partial charge in [-0.15, -0.1) is 0 Å².